The van der Waals surface area contributed by atoms with Gasteiger partial charge in [0.15, 0.2) is 0 Å². The number of carbonyl (C=O) groups is 1. The normalized spacial score (nSPS) is 11.6. The van der Waals surface area contributed by atoms with Gasteiger partial charge in [0.2, 0.25) is 5.88 Å². The maximum atomic E-state index is 12.8. The fourth-order valence-corrected chi connectivity index (χ4v) is 2.93. The molecule has 0 spiro atoms. The van der Waals surface area contributed by atoms with E-state index in [1.54, 1.807) is 23.9 Å². The molecule has 1 N–H and O–H groups in total. The Hall–Kier alpha value is -3.46. The molecule has 1 aromatic carbocycles. The molecule has 2 aromatic heterocycles. The number of aryl methyl sites for hydroxylation is 1. The molecule has 138 valence electrons. The summed E-state index contributed by atoms with van der Waals surface area (Å²) in [5.74, 6) is 1.20. The van der Waals surface area contributed by atoms with Crippen LogP contribution in [-0.2, 0) is 0 Å². The van der Waals surface area contributed by atoms with Crippen molar-refractivity contribution < 1.29 is 13.9 Å². The summed E-state index contributed by atoms with van der Waals surface area (Å²) in [5, 5.41) is 12.5. The average molecular weight is 363 g/mol. The highest BCUT2D eigenvalue weighted by atomic mass is 16.5. The minimum absolute atomic E-state index is 0.222. The molecule has 0 aliphatic rings. The lowest BCUT2D eigenvalue weighted by Gasteiger charge is -2.15. The predicted octanol–water partition coefficient (Wildman–Crippen LogP) is 4.14. The summed E-state index contributed by atoms with van der Waals surface area (Å²) in [6.45, 7) is 6.11. The van der Waals surface area contributed by atoms with Gasteiger partial charge in [-0.3, -0.25) is 9.36 Å². The zero-order chi connectivity index (χ0) is 19.4. The topological polar surface area (TPSA) is 80.2 Å². The van der Waals surface area contributed by atoms with Crippen LogP contribution in [-0.4, -0.2) is 17.1 Å². The molecule has 0 bridgehead atoms. The molecule has 0 fully saturated rings. The Bertz CT molecular complexity index is 964. The number of furan rings is 1. The van der Waals surface area contributed by atoms with Gasteiger partial charge in [-0.25, -0.2) is 0 Å². The smallest absolute Gasteiger partial charge is 0.256 e. The van der Waals surface area contributed by atoms with E-state index in [2.05, 4.69) is 11.4 Å². The van der Waals surface area contributed by atoms with Gasteiger partial charge in [-0.05, 0) is 50.6 Å². The van der Waals surface area contributed by atoms with Crippen LogP contribution in [0.4, 0.5) is 0 Å². The minimum atomic E-state index is -0.340. The van der Waals surface area contributed by atoms with Crippen LogP contribution in [0.2, 0.25) is 0 Å². The third-order valence-corrected chi connectivity index (χ3v) is 4.28. The largest absolute Gasteiger partial charge is 0.494 e. The zero-order valence-corrected chi connectivity index (χ0v) is 15.5. The molecule has 6 heteroatoms. The number of nitrogens with one attached hydrogen (secondary N) is 1. The van der Waals surface area contributed by atoms with E-state index in [4.69, 9.17) is 9.15 Å². The summed E-state index contributed by atoms with van der Waals surface area (Å²) >= 11 is 0. The lowest BCUT2D eigenvalue weighted by Crippen LogP contribution is -2.27. The predicted molar refractivity (Wildman–Crippen MR) is 101 cm³/mol. The first-order valence-electron chi connectivity index (χ1n) is 8.75. The fourth-order valence-electron chi connectivity index (χ4n) is 2.93. The van der Waals surface area contributed by atoms with E-state index < -0.39 is 0 Å². The SMILES string of the molecule is CCOc1ccc([C@@H](C)NC(=O)c2c(C)oc(-n3cccc3)c2C#N)cc1. The van der Waals surface area contributed by atoms with Gasteiger partial charge in [0.1, 0.15) is 28.7 Å². The quantitative estimate of drug-likeness (QED) is 0.714. The van der Waals surface area contributed by atoms with Gasteiger partial charge in [-0.1, -0.05) is 12.1 Å². The molecule has 0 saturated heterocycles. The van der Waals surface area contributed by atoms with Crippen molar-refractivity contribution in [2.24, 2.45) is 0 Å². The van der Waals surface area contributed by atoms with Crippen molar-refractivity contribution >= 4 is 5.91 Å². The molecule has 0 aliphatic heterocycles. The molecule has 0 saturated carbocycles. The maximum absolute atomic E-state index is 12.8. The van der Waals surface area contributed by atoms with E-state index in [0.717, 1.165) is 11.3 Å². The van der Waals surface area contributed by atoms with Crippen molar-refractivity contribution in [1.29, 1.82) is 5.26 Å². The van der Waals surface area contributed by atoms with E-state index in [1.165, 1.54) is 0 Å². The van der Waals surface area contributed by atoms with Crippen molar-refractivity contribution in [2.45, 2.75) is 26.8 Å². The number of aromatic nitrogens is 1. The van der Waals surface area contributed by atoms with Crippen LogP contribution < -0.4 is 10.1 Å². The molecule has 2 heterocycles. The molecule has 6 nitrogen and oxygen atoms in total. The number of hydrogen-bond donors (Lipinski definition) is 1. The standard InChI is InChI=1S/C21H21N3O3/c1-4-26-17-9-7-16(8-10-17)14(2)23-20(25)19-15(3)27-21(18(19)13-22)24-11-5-6-12-24/h5-12,14H,4H2,1-3H3,(H,23,25)/t14-/m1/s1. The third kappa shape index (κ3) is 3.72. The fraction of sp³-hybridized carbons (Fsp3) is 0.238. The van der Waals surface area contributed by atoms with Crippen molar-refractivity contribution in [3.63, 3.8) is 0 Å². The molecule has 0 unspecified atom stereocenters. The molecular formula is C21H21N3O3. The number of nitrogens with zero attached hydrogens (tertiary/aromatic N) is 2. The number of amides is 1. The lowest BCUT2D eigenvalue weighted by molar-refractivity contribution is 0.0938. The number of carbonyl (C=O) groups excluding carboxylic acids is 1. The van der Waals surface area contributed by atoms with Gasteiger partial charge in [0.05, 0.1) is 12.6 Å². The van der Waals surface area contributed by atoms with Crippen LogP contribution in [0.1, 0.15) is 47.1 Å². The number of rotatable bonds is 6. The Morgan fingerprint density at radius 2 is 1.96 bits per heavy atom. The van der Waals surface area contributed by atoms with Crippen LogP contribution in [0.3, 0.4) is 0 Å². The summed E-state index contributed by atoms with van der Waals surface area (Å²) in [4.78, 5) is 12.8. The molecule has 3 aromatic rings. The Kier molecular flexibility index (Phi) is 5.32. The van der Waals surface area contributed by atoms with E-state index in [-0.39, 0.29) is 23.1 Å². The highest BCUT2D eigenvalue weighted by Gasteiger charge is 2.25. The average Bonchev–Trinajstić information content (AvgIpc) is 3.29. The van der Waals surface area contributed by atoms with Crippen LogP contribution in [0.5, 0.6) is 5.75 Å². The molecule has 1 atom stereocenters. The summed E-state index contributed by atoms with van der Waals surface area (Å²) in [7, 11) is 0. The molecule has 27 heavy (non-hydrogen) atoms. The summed E-state index contributed by atoms with van der Waals surface area (Å²) in [6, 6.07) is 13.1. The van der Waals surface area contributed by atoms with Gasteiger partial charge in [0, 0.05) is 12.4 Å². The van der Waals surface area contributed by atoms with E-state index >= 15 is 0 Å². The second kappa shape index (κ2) is 7.83. The zero-order valence-electron chi connectivity index (χ0n) is 15.5. The molecule has 0 radical (unpaired) electrons. The van der Waals surface area contributed by atoms with Crippen molar-refractivity contribution in [3.05, 3.63) is 71.2 Å². The summed E-state index contributed by atoms with van der Waals surface area (Å²) in [5.41, 5.74) is 1.43. The van der Waals surface area contributed by atoms with E-state index in [9.17, 15) is 10.1 Å². The molecule has 1 amide bonds. The Morgan fingerprint density at radius 3 is 2.56 bits per heavy atom. The molecular weight excluding hydrogens is 342 g/mol. The number of nitriles is 1. The van der Waals surface area contributed by atoms with Gasteiger partial charge in [-0.2, -0.15) is 5.26 Å². The number of ether oxygens (including phenoxy) is 1. The summed E-state index contributed by atoms with van der Waals surface area (Å²) < 4.78 is 12.8. The second-order valence-electron chi connectivity index (χ2n) is 6.11. The lowest BCUT2D eigenvalue weighted by atomic mass is 10.1. The Balaban J connectivity index is 1.83. The first-order valence-corrected chi connectivity index (χ1v) is 8.75. The first kappa shape index (κ1) is 18.3. The first-order chi connectivity index (χ1) is 13.0. The third-order valence-electron chi connectivity index (χ3n) is 4.28. The van der Waals surface area contributed by atoms with Gasteiger partial charge >= 0.3 is 0 Å². The second-order valence-corrected chi connectivity index (χ2v) is 6.11. The van der Waals surface area contributed by atoms with Crippen LogP contribution in [0, 0.1) is 18.3 Å². The monoisotopic (exact) mass is 363 g/mol. The van der Waals surface area contributed by atoms with Crippen molar-refractivity contribution in [3.8, 4) is 17.7 Å². The minimum Gasteiger partial charge on any atom is -0.494 e. The van der Waals surface area contributed by atoms with E-state index in [0.29, 0.717) is 18.3 Å². The van der Waals surface area contributed by atoms with Gasteiger partial charge in [-0.15, -0.1) is 0 Å². The van der Waals surface area contributed by atoms with E-state index in [1.807, 2.05) is 50.2 Å². The Labute approximate surface area is 158 Å². The maximum Gasteiger partial charge on any atom is 0.256 e. The Morgan fingerprint density at radius 1 is 1.30 bits per heavy atom. The van der Waals surface area contributed by atoms with Crippen LogP contribution in [0.25, 0.3) is 5.88 Å². The van der Waals surface area contributed by atoms with Gasteiger partial charge in [0.25, 0.3) is 5.91 Å². The molecule has 3 rings (SSSR count). The van der Waals surface area contributed by atoms with Crippen molar-refractivity contribution in [2.75, 3.05) is 6.61 Å². The summed E-state index contributed by atoms with van der Waals surface area (Å²) in [6.07, 6.45) is 3.53. The van der Waals surface area contributed by atoms with Crippen LogP contribution in [0.15, 0.2) is 53.2 Å². The number of benzene rings is 1. The van der Waals surface area contributed by atoms with Gasteiger partial charge < -0.3 is 14.5 Å². The number of hydrogen-bond acceptors (Lipinski definition) is 4. The van der Waals surface area contributed by atoms with Crippen LogP contribution >= 0.6 is 0 Å². The molecule has 0 aliphatic carbocycles. The highest BCUT2D eigenvalue weighted by Crippen LogP contribution is 2.26. The van der Waals surface area contributed by atoms with Crippen molar-refractivity contribution in [1.82, 2.24) is 9.88 Å². The highest BCUT2D eigenvalue weighted by molar-refractivity contribution is 5.98.